The topological polar surface area (TPSA) is 112 Å². The molecule has 34 heavy (non-hydrogen) atoms. The molecule has 0 spiro atoms. The van der Waals surface area contributed by atoms with Gasteiger partial charge in [0.05, 0.1) is 12.2 Å². The maximum Gasteiger partial charge on any atom is 0.321 e. The van der Waals surface area contributed by atoms with Crippen molar-refractivity contribution in [1.29, 1.82) is 0 Å². The van der Waals surface area contributed by atoms with Crippen LogP contribution < -0.4 is 5.32 Å². The van der Waals surface area contributed by atoms with Crippen molar-refractivity contribution in [1.82, 2.24) is 14.7 Å². The summed E-state index contributed by atoms with van der Waals surface area (Å²) in [5.74, 6) is -0.956. The number of ether oxygens (including phenoxy) is 1. The average Bonchev–Trinajstić information content (AvgIpc) is 3.42. The van der Waals surface area contributed by atoms with Crippen LogP contribution in [0.1, 0.15) is 23.4 Å². The molecule has 4 amide bonds. The molecule has 2 saturated heterocycles. The van der Waals surface area contributed by atoms with Crippen LogP contribution in [0.2, 0.25) is 0 Å². The number of esters is 1. The number of benzene rings is 1. The molecule has 10 heteroatoms. The van der Waals surface area contributed by atoms with Gasteiger partial charge in [-0.2, -0.15) is 0 Å². The molecule has 4 rings (SSSR count). The van der Waals surface area contributed by atoms with Gasteiger partial charge >= 0.3 is 12.0 Å². The second-order valence-electron chi connectivity index (χ2n) is 8.32. The molecule has 0 atom stereocenters. The molecule has 2 aliphatic rings. The predicted molar refractivity (Wildman–Crippen MR) is 122 cm³/mol. The van der Waals surface area contributed by atoms with E-state index in [-0.39, 0.29) is 36.1 Å². The van der Waals surface area contributed by atoms with Crippen LogP contribution in [-0.4, -0.2) is 84.4 Å². The Morgan fingerprint density at radius 2 is 1.53 bits per heavy atom. The van der Waals surface area contributed by atoms with E-state index in [0.29, 0.717) is 52.1 Å². The first kappa shape index (κ1) is 23.3. The Morgan fingerprint density at radius 3 is 2.18 bits per heavy atom. The number of carbonyl (C=O) groups excluding carboxylic acids is 4. The molecule has 10 nitrogen and oxygen atoms in total. The maximum absolute atomic E-state index is 12.5. The lowest BCUT2D eigenvalue weighted by Crippen LogP contribution is -2.51. The highest BCUT2D eigenvalue weighted by atomic mass is 16.5. The summed E-state index contributed by atoms with van der Waals surface area (Å²) in [5.41, 5.74) is 0.721. The van der Waals surface area contributed by atoms with E-state index in [1.54, 1.807) is 26.8 Å². The van der Waals surface area contributed by atoms with Crippen LogP contribution in [-0.2, 0) is 14.3 Å². The van der Waals surface area contributed by atoms with E-state index in [0.717, 1.165) is 5.69 Å². The summed E-state index contributed by atoms with van der Waals surface area (Å²) in [6.07, 6.45) is 2.43. The number of carbonyl (C=O) groups is 4. The van der Waals surface area contributed by atoms with Crippen molar-refractivity contribution >= 4 is 29.5 Å². The Morgan fingerprint density at radius 1 is 0.853 bits per heavy atom. The molecule has 1 aromatic carbocycles. The molecule has 1 N–H and O–H groups in total. The van der Waals surface area contributed by atoms with Crippen LogP contribution in [0.4, 0.5) is 10.5 Å². The van der Waals surface area contributed by atoms with Crippen LogP contribution >= 0.6 is 0 Å². The normalized spacial score (nSPS) is 16.8. The summed E-state index contributed by atoms with van der Waals surface area (Å²) >= 11 is 0. The summed E-state index contributed by atoms with van der Waals surface area (Å²) in [5, 5.41) is 2.84. The van der Waals surface area contributed by atoms with Gasteiger partial charge in [-0.15, -0.1) is 0 Å². The first-order valence-electron chi connectivity index (χ1n) is 11.4. The van der Waals surface area contributed by atoms with Crippen LogP contribution in [0.25, 0.3) is 0 Å². The standard InChI is InChI=1S/C24H28N4O6/c29-21(26-12-14-27(15-13-26)22(30)20-7-4-16-33-20)17-34-23(31)18-8-10-28(11-9-18)24(32)25-19-5-2-1-3-6-19/h1-7,16,18H,8-15,17H2,(H,25,32). The van der Waals surface area contributed by atoms with E-state index >= 15 is 0 Å². The van der Waals surface area contributed by atoms with Crippen LogP contribution in [0, 0.1) is 5.92 Å². The third-order valence-electron chi connectivity index (χ3n) is 6.13. The fourth-order valence-corrected chi connectivity index (χ4v) is 4.10. The van der Waals surface area contributed by atoms with Gasteiger partial charge in [-0.1, -0.05) is 18.2 Å². The Hall–Kier alpha value is -3.82. The van der Waals surface area contributed by atoms with E-state index in [2.05, 4.69) is 5.32 Å². The number of nitrogens with zero attached hydrogens (tertiary/aromatic N) is 3. The number of likely N-dealkylation sites (tertiary alicyclic amines) is 1. The summed E-state index contributed by atoms with van der Waals surface area (Å²) < 4.78 is 10.4. The number of piperidine rings is 1. The van der Waals surface area contributed by atoms with Gasteiger partial charge < -0.3 is 29.2 Å². The lowest BCUT2D eigenvalue weighted by molar-refractivity contribution is -0.157. The minimum Gasteiger partial charge on any atom is -0.459 e. The molecule has 2 fully saturated rings. The number of nitrogens with one attached hydrogen (secondary N) is 1. The van der Waals surface area contributed by atoms with E-state index in [1.165, 1.54) is 6.26 Å². The third-order valence-corrected chi connectivity index (χ3v) is 6.13. The lowest BCUT2D eigenvalue weighted by atomic mass is 9.97. The van der Waals surface area contributed by atoms with Crippen molar-refractivity contribution in [2.45, 2.75) is 12.8 Å². The summed E-state index contributed by atoms with van der Waals surface area (Å²) in [7, 11) is 0. The molecule has 0 unspecified atom stereocenters. The first-order valence-corrected chi connectivity index (χ1v) is 11.4. The second kappa shape index (κ2) is 10.9. The zero-order valence-corrected chi connectivity index (χ0v) is 18.9. The monoisotopic (exact) mass is 468 g/mol. The third kappa shape index (κ3) is 5.75. The quantitative estimate of drug-likeness (QED) is 0.672. The van der Waals surface area contributed by atoms with Gasteiger partial charge in [0.1, 0.15) is 0 Å². The van der Waals surface area contributed by atoms with Crippen molar-refractivity contribution in [3.05, 3.63) is 54.5 Å². The van der Waals surface area contributed by atoms with Gasteiger partial charge in [0.25, 0.3) is 11.8 Å². The van der Waals surface area contributed by atoms with Crippen molar-refractivity contribution < 1.29 is 28.3 Å². The number of anilines is 1. The SMILES string of the molecule is O=C(OCC(=O)N1CCN(C(=O)c2ccco2)CC1)C1CCN(C(=O)Nc2ccccc2)CC1. The Balaban J connectivity index is 1.15. The Kier molecular flexibility index (Phi) is 7.46. The Labute approximate surface area is 197 Å². The fraction of sp³-hybridized carbons (Fsp3) is 0.417. The number of rotatable bonds is 5. The van der Waals surface area contributed by atoms with Crippen LogP contribution in [0.5, 0.6) is 0 Å². The zero-order chi connectivity index (χ0) is 23.9. The van der Waals surface area contributed by atoms with E-state index < -0.39 is 5.97 Å². The molecule has 180 valence electrons. The van der Waals surface area contributed by atoms with Gasteiger partial charge in [0.2, 0.25) is 0 Å². The number of urea groups is 1. The number of amides is 4. The molecule has 0 aliphatic carbocycles. The largest absolute Gasteiger partial charge is 0.459 e. The number of hydrogen-bond donors (Lipinski definition) is 1. The van der Waals surface area contributed by atoms with E-state index in [4.69, 9.17) is 9.15 Å². The van der Waals surface area contributed by atoms with Crippen molar-refractivity contribution in [3.63, 3.8) is 0 Å². The number of piperazine rings is 1. The molecular weight excluding hydrogens is 440 g/mol. The van der Waals surface area contributed by atoms with E-state index in [1.807, 2.05) is 30.3 Å². The summed E-state index contributed by atoms with van der Waals surface area (Å²) in [4.78, 5) is 54.5. The number of hydrogen-bond acceptors (Lipinski definition) is 6. The minimum absolute atomic E-state index is 0.196. The predicted octanol–water partition coefficient (Wildman–Crippen LogP) is 2.05. The van der Waals surface area contributed by atoms with Crippen molar-refractivity contribution in [3.8, 4) is 0 Å². The summed E-state index contributed by atoms with van der Waals surface area (Å²) in [6.45, 7) is 2.09. The fourth-order valence-electron chi connectivity index (χ4n) is 4.10. The zero-order valence-electron chi connectivity index (χ0n) is 18.9. The van der Waals surface area contributed by atoms with Crippen molar-refractivity contribution in [2.75, 3.05) is 51.2 Å². The lowest BCUT2D eigenvalue weighted by Gasteiger charge is -2.34. The summed E-state index contributed by atoms with van der Waals surface area (Å²) in [6, 6.07) is 12.3. The van der Waals surface area contributed by atoms with E-state index in [9.17, 15) is 19.2 Å². The highest BCUT2D eigenvalue weighted by Gasteiger charge is 2.30. The minimum atomic E-state index is -0.414. The number of furan rings is 1. The van der Waals surface area contributed by atoms with Crippen LogP contribution in [0.3, 0.4) is 0 Å². The molecular formula is C24H28N4O6. The molecule has 0 saturated carbocycles. The maximum atomic E-state index is 12.5. The molecule has 0 radical (unpaired) electrons. The molecule has 1 aromatic heterocycles. The highest BCUT2D eigenvalue weighted by molar-refractivity contribution is 5.92. The molecule has 2 aliphatic heterocycles. The van der Waals surface area contributed by atoms with Crippen LogP contribution in [0.15, 0.2) is 53.1 Å². The van der Waals surface area contributed by atoms with Gasteiger partial charge in [-0.25, -0.2) is 4.79 Å². The Bertz CT molecular complexity index is 994. The molecule has 0 bridgehead atoms. The smallest absolute Gasteiger partial charge is 0.321 e. The second-order valence-corrected chi connectivity index (χ2v) is 8.32. The van der Waals surface area contributed by atoms with Crippen molar-refractivity contribution in [2.24, 2.45) is 5.92 Å². The highest BCUT2D eigenvalue weighted by Crippen LogP contribution is 2.20. The molecule has 2 aromatic rings. The van der Waals surface area contributed by atoms with Gasteiger partial charge in [0.15, 0.2) is 12.4 Å². The first-order chi connectivity index (χ1) is 16.5. The van der Waals surface area contributed by atoms with Gasteiger partial charge in [0, 0.05) is 45.0 Å². The molecule has 3 heterocycles. The number of para-hydroxylation sites is 1. The van der Waals surface area contributed by atoms with Gasteiger partial charge in [-0.3, -0.25) is 14.4 Å². The van der Waals surface area contributed by atoms with Gasteiger partial charge in [-0.05, 0) is 37.1 Å². The average molecular weight is 469 g/mol.